The SMILES string of the molecule is COc1nc(Cl)nc(Oc2cccc(C(C)(C)C)c2)n1. The molecule has 1 heterocycles. The summed E-state index contributed by atoms with van der Waals surface area (Å²) in [5, 5.41) is 0.0267. The van der Waals surface area contributed by atoms with E-state index in [0.717, 1.165) is 5.56 Å². The van der Waals surface area contributed by atoms with Crippen LogP contribution >= 0.6 is 11.6 Å². The third kappa shape index (κ3) is 3.57. The lowest BCUT2D eigenvalue weighted by Crippen LogP contribution is -2.10. The summed E-state index contributed by atoms with van der Waals surface area (Å²) >= 11 is 5.78. The molecule has 0 aliphatic heterocycles. The van der Waals surface area contributed by atoms with Gasteiger partial charge < -0.3 is 9.47 Å². The zero-order chi connectivity index (χ0) is 14.8. The van der Waals surface area contributed by atoms with Crippen LogP contribution in [0, 0.1) is 0 Å². The summed E-state index contributed by atoms with van der Waals surface area (Å²) in [5.41, 5.74) is 1.19. The Bertz CT molecular complexity index is 612. The molecule has 0 bridgehead atoms. The van der Waals surface area contributed by atoms with Gasteiger partial charge in [0.1, 0.15) is 5.75 Å². The zero-order valence-electron chi connectivity index (χ0n) is 11.8. The van der Waals surface area contributed by atoms with Crippen LogP contribution in [0.2, 0.25) is 5.28 Å². The number of ether oxygens (including phenoxy) is 2. The van der Waals surface area contributed by atoms with E-state index < -0.39 is 0 Å². The first-order valence-electron chi connectivity index (χ1n) is 6.12. The van der Waals surface area contributed by atoms with Gasteiger partial charge in [-0.3, -0.25) is 0 Å². The van der Waals surface area contributed by atoms with Gasteiger partial charge in [-0.2, -0.15) is 9.97 Å². The maximum absolute atomic E-state index is 5.78. The van der Waals surface area contributed by atoms with Crippen LogP contribution in [0.1, 0.15) is 26.3 Å². The van der Waals surface area contributed by atoms with E-state index in [1.807, 2.05) is 24.3 Å². The molecule has 2 rings (SSSR count). The Morgan fingerprint density at radius 3 is 2.40 bits per heavy atom. The third-order valence-electron chi connectivity index (χ3n) is 2.66. The molecule has 0 atom stereocenters. The van der Waals surface area contributed by atoms with Crippen molar-refractivity contribution in [2.45, 2.75) is 26.2 Å². The van der Waals surface area contributed by atoms with Crippen molar-refractivity contribution in [1.82, 2.24) is 15.0 Å². The van der Waals surface area contributed by atoms with Crippen LogP contribution in [0.15, 0.2) is 24.3 Å². The van der Waals surface area contributed by atoms with E-state index in [2.05, 4.69) is 35.7 Å². The highest BCUT2D eigenvalue weighted by atomic mass is 35.5. The van der Waals surface area contributed by atoms with E-state index in [-0.39, 0.29) is 22.7 Å². The van der Waals surface area contributed by atoms with Crippen LogP contribution in [-0.4, -0.2) is 22.1 Å². The summed E-state index contributed by atoms with van der Waals surface area (Å²) in [4.78, 5) is 11.7. The van der Waals surface area contributed by atoms with Gasteiger partial charge in [-0.1, -0.05) is 32.9 Å². The Kier molecular flexibility index (Phi) is 4.09. The molecule has 0 fully saturated rings. The second-order valence-corrected chi connectivity index (χ2v) is 5.59. The fraction of sp³-hybridized carbons (Fsp3) is 0.357. The molecule has 5 nitrogen and oxygen atoms in total. The summed E-state index contributed by atoms with van der Waals surface area (Å²) in [5.74, 6) is 0.641. The van der Waals surface area contributed by atoms with Crippen molar-refractivity contribution < 1.29 is 9.47 Å². The fourth-order valence-electron chi connectivity index (χ4n) is 1.58. The lowest BCUT2D eigenvalue weighted by Gasteiger charge is -2.19. The summed E-state index contributed by atoms with van der Waals surface area (Å²) < 4.78 is 10.5. The van der Waals surface area contributed by atoms with Gasteiger partial charge in [0.25, 0.3) is 0 Å². The minimum atomic E-state index is 0.0267. The van der Waals surface area contributed by atoms with E-state index in [4.69, 9.17) is 21.1 Å². The molecule has 0 radical (unpaired) electrons. The van der Waals surface area contributed by atoms with E-state index in [0.29, 0.717) is 5.75 Å². The van der Waals surface area contributed by atoms with Crippen molar-refractivity contribution in [3.63, 3.8) is 0 Å². The van der Waals surface area contributed by atoms with Crippen molar-refractivity contribution in [1.29, 1.82) is 0 Å². The van der Waals surface area contributed by atoms with Crippen molar-refractivity contribution >= 4 is 11.6 Å². The molecular weight excluding hydrogens is 278 g/mol. The highest BCUT2D eigenvalue weighted by Gasteiger charge is 2.15. The predicted octanol–water partition coefficient (Wildman–Crippen LogP) is 3.62. The van der Waals surface area contributed by atoms with Crippen molar-refractivity contribution in [3.05, 3.63) is 35.1 Å². The predicted molar refractivity (Wildman–Crippen MR) is 76.6 cm³/mol. The molecule has 0 saturated heterocycles. The van der Waals surface area contributed by atoms with Gasteiger partial charge in [0, 0.05) is 0 Å². The molecule has 1 aromatic carbocycles. The first kappa shape index (κ1) is 14.5. The first-order valence-corrected chi connectivity index (χ1v) is 6.50. The third-order valence-corrected chi connectivity index (χ3v) is 2.83. The van der Waals surface area contributed by atoms with Gasteiger partial charge in [-0.25, -0.2) is 0 Å². The number of nitrogens with zero attached hydrogens (tertiary/aromatic N) is 3. The number of halogens is 1. The Morgan fingerprint density at radius 2 is 1.75 bits per heavy atom. The molecule has 0 unspecified atom stereocenters. The summed E-state index contributed by atoms with van der Waals surface area (Å²) in [6, 6.07) is 7.98. The normalized spacial score (nSPS) is 11.2. The molecular formula is C14H16ClN3O2. The number of aromatic nitrogens is 3. The molecule has 0 aliphatic rings. The molecule has 0 aliphatic carbocycles. The van der Waals surface area contributed by atoms with E-state index >= 15 is 0 Å². The molecule has 20 heavy (non-hydrogen) atoms. The zero-order valence-corrected chi connectivity index (χ0v) is 12.6. The van der Waals surface area contributed by atoms with Crippen LogP contribution < -0.4 is 9.47 Å². The maximum Gasteiger partial charge on any atom is 0.329 e. The topological polar surface area (TPSA) is 57.1 Å². The molecule has 0 amide bonds. The van der Waals surface area contributed by atoms with E-state index in [1.165, 1.54) is 7.11 Å². The Hall–Kier alpha value is -1.88. The smallest absolute Gasteiger partial charge is 0.329 e. The van der Waals surface area contributed by atoms with E-state index in [9.17, 15) is 0 Å². The van der Waals surface area contributed by atoms with Gasteiger partial charge in [-0.15, -0.1) is 4.98 Å². The highest BCUT2D eigenvalue weighted by molar-refractivity contribution is 6.28. The summed E-state index contributed by atoms with van der Waals surface area (Å²) in [6.07, 6.45) is 0. The summed E-state index contributed by atoms with van der Waals surface area (Å²) in [6.45, 7) is 6.40. The van der Waals surface area contributed by atoms with Crippen LogP contribution in [0.3, 0.4) is 0 Å². The molecule has 6 heteroatoms. The van der Waals surface area contributed by atoms with Gasteiger partial charge in [-0.05, 0) is 34.7 Å². The van der Waals surface area contributed by atoms with Gasteiger partial charge in [0.05, 0.1) is 7.11 Å². The van der Waals surface area contributed by atoms with Crippen LogP contribution in [0.4, 0.5) is 0 Å². The van der Waals surface area contributed by atoms with Crippen LogP contribution in [0.25, 0.3) is 0 Å². The van der Waals surface area contributed by atoms with Gasteiger partial charge in [0.15, 0.2) is 0 Å². The molecule has 2 aromatic rings. The second kappa shape index (κ2) is 5.63. The molecule has 106 valence electrons. The maximum atomic E-state index is 5.78. The Morgan fingerprint density at radius 1 is 1.05 bits per heavy atom. The lowest BCUT2D eigenvalue weighted by atomic mass is 9.87. The van der Waals surface area contributed by atoms with Gasteiger partial charge >= 0.3 is 12.0 Å². The molecule has 0 spiro atoms. The first-order chi connectivity index (χ1) is 9.38. The largest absolute Gasteiger partial charge is 0.467 e. The highest BCUT2D eigenvalue weighted by Crippen LogP contribution is 2.27. The second-order valence-electron chi connectivity index (χ2n) is 5.25. The van der Waals surface area contributed by atoms with Gasteiger partial charge in [0.2, 0.25) is 5.28 Å². The van der Waals surface area contributed by atoms with E-state index in [1.54, 1.807) is 0 Å². The molecule has 0 N–H and O–H groups in total. The molecule has 1 aromatic heterocycles. The van der Waals surface area contributed by atoms with Crippen LogP contribution in [-0.2, 0) is 5.41 Å². The molecule has 0 saturated carbocycles. The minimum Gasteiger partial charge on any atom is -0.467 e. The number of benzene rings is 1. The van der Waals surface area contributed by atoms with Crippen molar-refractivity contribution in [2.75, 3.05) is 7.11 Å². The average Bonchev–Trinajstić information content (AvgIpc) is 2.37. The van der Waals surface area contributed by atoms with Crippen LogP contribution in [0.5, 0.6) is 17.8 Å². The number of methoxy groups -OCH3 is 1. The average molecular weight is 294 g/mol. The number of rotatable bonds is 3. The monoisotopic (exact) mass is 293 g/mol. The van der Waals surface area contributed by atoms with Crippen molar-refractivity contribution in [3.8, 4) is 17.8 Å². The fourth-order valence-corrected chi connectivity index (χ4v) is 1.73. The Labute approximate surface area is 123 Å². The standard InChI is InChI=1S/C14H16ClN3O2/c1-14(2,3)9-6-5-7-10(8-9)20-13-17-11(15)16-12(18-13)19-4/h5-8H,1-4H3. The van der Waals surface area contributed by atoms with Crippen molar-refractivity contribution in [2.24, 2.45) is 0 Å². The lowest BCUT2D eigenvalue weighted by molar-refractivity contribution is 0.358. The number of hydrogen-bond acceptors (Lipinski definition) is 5. The number of hydrogen-bond donors (Lipinski definition) is 0. The minimum absolute atomic E-state index is 0.0267. The Balaban J connectivity index is 2.28. The summed E-state index contributed by atoms with van der Waals surface area (Å²) in [7, 11) is 1.45. The quantitative estimate of drug-likeness (QED) is 0.865.